The van der Waals surface area contributed by atoms with Crippen molar-refractivity contribution >= 4 is 5.91 Å². The average molecular weight is 440 g/mol. The van der Waals surface area contributed by atoms with E-state index in [1.165, 1.54) is 6.20 Å². The molecule has 10 heteroatoms. The van der Waals surface area contributed by atoms with E-state index in [1.807, 2.05) is 4.90 Å². The molecule has 1 amide bonds. The summed E-state index contributed by atoms with van der Waals surface area (Å²) >= 11 is 0. The van der Waals surface area contributed by atoms with Crippen LogP contribution in [0.4, 0.5) is 13.2 Å². The van der Waals surface area contributed by atoms with Gasteiger partial charge in [-0.1, -0.05) is 0 Å². The quantitative estimate of drug-likeness (QED) is 0.617. The van der Waals surface area contributed by atoms with E-state index in [1.54, 1.807) is 36.8 Å². The summed E-state index contributed by atoms with van der Waals surface area (Å²) in [6, 6.07) is 5.29. The van der Waals surface area contributed by atoms with E-state index in [4.69, 9.17) is 0 Å². The predicted molar refractivity (Wildman–Crippen MR) is 107 cm³/mol. The van der Waals surface area contributed by atoms with Crippen LogP contribution in [0.2, 0.25) is 0 Å². The van der Waals surface area contributed by atoms with Crippen molar-refractivity contribution in [2.75, 3.05) is 0 Å². The minimum atomic E-state index is -4.51. The number of fused-ring (bicyclic) bond motifs is 2. The number of hydrogen-bond acceptors (Lipinski definition) is 6. The van der Waals surface area contributed by atoms with E-state index < -0.39 is 11.9 Å². The number of pyridine rings is 1. The van der Waals surface area contributed by atoms with Gasteiger partial charge in [0.1, 0.15) is 5.69 Å². The summed E-state index contributed by atoms with van der Waals surface area (Å²) in [5, 5.41) is 0. The number of aromatic nitrogens is 5. The SMILES string of the molecule is O=C(c1ncccc1-c1ncccn1)N1C2CCC1C(Cc1cnc(C(F)(F)F)cn1)C2. The minimum absolute atomic E-state index is 0.0110. The molecule has 0 aromatic carbocycles. The summed E-state index contributed by atoms with van der Waals surface area (Å²) in [6.07, 6.45) is 5.26. The van der Waals surface area contributed by atoms with Crippen molar-refractivity contribution in [3.05, 3.63) is 66.3 Å². The van der Waals surface area contributed by atoms with E-state index in [0.717, 1.165) is 25.5 Å². The lowest BCUT2D eigenvalue weighted by Gasteiger charge is -2.24. The van der Waals surface area contributed by atoms with Crippen LogP contribution in [0.15, 0.2) is 49.2 Å². The van der Waals surface area contributed by atoms with Crippen molar-refractivity contribution in [3.63, 3.8) is 0 Å². The summed E-state index contributed by atoms with van der Waals surface area (Å²) in [5.74, 6) is 0.387. The second kappa shape index (κ2) is 7.92. The number of halogens is 3. The molecule has 2 aliphatic heterocycles. The molecule has 0 aliphatic carbocycles. The summed E-state index contributed by atoms with van der Waals surface area (Å²) in [5.41, 5.74) is 0.385. The van der Waals surface area contributed by atoms with E-state index in [-0.39, 0.29) is 23.9 Å². The Bertz CT molecular complexity index is 1120. The third-order valence-corrected chi connectivity index (χ3v) is 6.18. The van der Waals surface area contributed by atoms with Gasteiger partial charge in [0.05, 0.1) is 17.5 Å². The van der Waals surface area contributed by atoms with E-state index in [2.05, 4.69) is 24.9 Å². The number of carbonyl (C=O) groups is 1. The molecule has 2 bridgehead atoms. The lowest BCUT2D eigenvalue weighted by atomic mass is 9.86. The topological polar surface area (TPSA) is 84.8 Å². The van der Waals surface area contributed by atoms with Gasteiger partial charge in [-0.15, -0.1) is 0 Å². The molecule has 2 fully saturated rings. The molecule has 2 aliphatic rings. The highest BCUT2D eigenvalue weighted by Gasteiger charge is 2.49. The summed E-state index contributed by atoms with van der Waals surface area (Å²) in [6.45, 7) is 0. The molecule has 0 radical (unpaired) electrons. The highest BCUT2D eigenvalue weighted by Crippen LogP contribution is 2.44. The molecule has 3 unspecified atom stereocenters. The molecule has 32 heavy (non-hydrogen) atoms. The van der Waals surface area contributed by atoms with Crippen LogP contribution in [0, 0.1) is 5.92 Å². The second-order valence-corrected chi connectivity index (χ2v) is 8.07. The number of rotatable bonds is 4. The van der Waals surface area contributed by atoms with Gasteiger partial charge in [-0.2, -0.15) is 13.2 Å². The zero-order chi connectivity index (χ0) is 22.3. The molecular formula is C22H19F3N6O. The summed E-state index contributed by atoms with van der Waals surface area (Å²) in [4.78, 5) is 35.7. The zero-order valence-electron chi connectivity index (χ0n) is 16.9. The number of amides is 1. The Kier molecular flexibility index (Phi) is 5.07. The van der Waals surface area contributed by atoms with Gasteiger partial charge in [0.25, 0.3) is 5.91 Å². The number of nitrogens with zero attached hydrogens (tertiary/aromatic N) is 6. The van der Waals surface area contributed by atoms with Crippen molar-refractivity contribution in [2.24, 2.45) is 5.92 Å². The Morgan fingerprint density at radius 2 is 1.78 bits per heavy atom. The molecular weight excluding hydrogens is 421 g/mol. The maximum atomic E-state index is 13.5. The normalized spacial score (nSPS) is 22.3. The monoisotopic (exact) mass is 440 g/mol. The first kappa shape index (κ1) is 20.5. The Balaban J connectivity index is 1.36. The molecule has 164 valence electrons. The molecule has 0 saturated carbocycles. The van der Waals surface area contributed by atoms with Crippen molar-refractivity contribution in [2.45, 2.75) is 43.9 Å². The smallest absolute Gasteiger partial charge is 0.331 e. The standard InChI is InChI=1S/C22H19F3N6O/c23-22(24,25)18-12-29-14(11-30-18)9-13-10-15-4-5-17(13)31(15)21(32)19-16(3-1-6-26-19)20-27-7-2-8-28-20/h1-3,6-8,11-13,15,17H,4-5,9-10H2. The third-order valence-electron chi connectivity index (χ3n) is 6.18. The van der Waals surface area contributed by atoms with Gasteiger partial charge in [0.15, 0.2) is 11.5 Å². The molecule has 5 heterocycles. The fraction of sp³-hybridized carbons (Fsp3) is 0.364. The van der Waals surface area contributed by atoms with Crippen molar-refractivity contribution in [1.82, 2.24) is 29.8 Å². The Morgan fingerprint density at radius 3 is 2.50 bits per heavy atom. The Morgan fingerprint density at radius 1 is 1.00 bits per heavy atom. The predicted octanol–water partition coefficient (Wildman–Crippen LogP) is 3.58. The van der Waals surface area contributed by atoms with Gasteiger partial charge in [-0.3, -0.25) is 14.8 Å². The number of carbonyl (C=O) groups excluding carboxylic acids is 1. The maximum Gasteiger partial charge on any atom is 0.434 e. The van der Waals surface area contributed by atoms with Crippen LogP contribution in [0.5, 0.6) is 0 Å². The van der Waals surface area contributed by atoms with Crippen LogP contribution in [0.25, 0.3) is 11.4 Å². The number of alkyl halides is 3. The maximum absolute atomic E-state index is 13.5. The molecule has 2 saturated heterocycles. The van der Waals surface area contributed by atoms with Gasteiger partial charge >= 0.3 is 6.18 Å². The van der Waals surface area contributed by atoms with Crippen LogP contribution in [-0.2, 0) is 12.6 Å². The summed E-state index contributed by atoms with van der Waals surface area (Å²) in [7, 11) is 0. The van der Waals surface area contributed by atoms with E-state index >= 15 is 0 Å². The lowest BCUT2D eigenvalue weighted by molar-refractivity contribution is -0.141. The largest absolute Gasteiger partial charge is 0.434 e. The van der Waals surface area contributed by atoms with Gasteiger partial charge in [-0.05, 0) is 49.8 Å². The van der Waals surface area contributed by atoms with Crippen molar-refractivity contribution in [1.29, 1.82) is 0 Å². The first-order chi connectivity index (χ1) is 15.4. The zero-order valence-corrected chi connectivity index (χ0v) is 16.9. The van der Waals surface area contributed by atoms with Crippen LogP contribution in [0.3, 0.4) is 0 Å². The van der Waals surface area contributed by atoms with Gasteiger partial charge in [0, 0.05) is 36.9 Å². The molecule has 3 aromatic heterocycles. The molecule has 7 nitrogen and oxygen atoms in total. The fourth-order valence-electron chi connectivity index (χ4n) is 4.84. The molecule has 0 spiro atoms. The van der Waals surface area contributed by atoms with Crippen LogP contribution < -0.4 is 0 Å². The molecule has 5 rings (SSSR count). The minimum Gasteiger partial charge on any atom is -0.331 e. The molecule has 3 aromatic rings. The lowest BCUT2D eigenvalue weighted by Crippen LogP contribution is -2.37. The van der Waals surface area contributed by atoms with Crippen LogP contribution >= 0.6 is 0 Å². The van der Waals surface area contributed by atoms with E-state index in [0.29, 0.717) is 29.2 Å². The Labute approximate surface area is 181 Å². The number of hydrogen-bond donors (Lipinski definition) is 0. The first-order valence-electron chi connectivity index (χ1n) is 10.3. The van der Waals surface area contributed by atoms with Crippen molar-refractivity contribution < 1.29 is 18.0 Å². The Hall–Kier alpha value is -3.43. The fourth-order valence-corrected chi connectivity index (χ4v) is 4.84. The van der Waals surface area contributed by atoms with Crippen LogP contribution in [0.1, 0.15) is 41.1 Å². The molecule has 0 N–H and O–H groups in total. The third kappa shape index (κ3) is 3.69. The average Bonchev–Trinajstić information content (AvgIpc) is 3.37. The first-order valence-corrected chi connectivity index (χ1v) is 10.3. The van der Waals surface area contributed by atoms with Gasteiger partial charge in [-0.25, -0.2) is 15.0 Å². The molecule has 3 atom stereocenters. The van der Waals surface area contributed by atoms with E-state index in [9.17, 15) is 18.0 Å². The van der Waals surface area contributed by atoms with Crippen molar-refractivity contribution in [3.8, 4) is 11.4 Å². The van der Waals surface area contributed by atoms with Gasteiger partial charge < -0.3 is 4.90 Å². The van der Waals surface area contributed by atoms with Crippen LogP contribution in [-0.4, -0.2) is 47.8 Å². The highest BCUT2D eigenvalue weighted by atomic mass is 19.4. The highest BCUT2D eigenvalue weighted by molar-refractivity contribution is 5.98. The summed E-state index contributed by atoms with van der Waals surface area (Å²) < 4.78 is 38.2. The van der Waals surface area contributed by atoms with Gasteiger partial charge in [0.2, 0.25) is 0 Å². The second-order valence-electron chi connectivity index (χ2n) is 8.07.